The summed E-state index contributed by atoms with van der Waals surface area (Å²) in [6.07, 6.45) is 1.52. The molecular weight excluding hydrogens is 395 g/mol. The zero-order valence-corrected chi connectivity index (χ0v) is 16.6. The molecule has 2 aromatic carbocycles. The van der Waals surface area contributed by atoms with Crippen molar-refractivity contribution in [3.8, 4) is 0 Å². The third-order valence-electron chi connectivity index (χ3n) is 4.91. The van der Waals surface area contributed by atoms with E-state index < -0.39 is 15.8 Å². The SMILES string of the molecule is Cc1cc(C(=O)Cc2ccc3c(c2)N(S(=O)(=O)c2ccc(F)cc2)CCC3)no1. The number of sulfonamides is 1. The molecule has 8 heteroatoms. The number of carbonyl (C=O) groups excluding carboxylic acids is 1. The van der Waals surface area contributed by atoms with Crippen LogP contribution in [-0.4, -0.2) is 25.9 Å². The Kier molecular flexibility index (Phi) is 4.96. The fourth-order valence-corrected chi connectivity index (χ4v) is 4.99. The third kappa shape index (κ3) is 3.80. The molecule has 0 N–H and O–H groups in total. The molecule has 0 saturated carbocycles. The van der Waals surface area contributed by atoms with Crippen molar-refractivity contribution in [2.45, 2.75) is 31.1 Å². The molecule has 6 nitrogen and oxygen atoms in total. The van der Waals surface area contributed by atoms with Crippen LogP contribution >= 0.6 is 0 Å². The summed E-state index contributed by atoms with van der Waals surface area (Å²) < 4.78 is 45.8. The van der Waals surface area contributed by atoms with E-state index in [9.17, 15) is 17.6 Å². The molecule has 1 aliphatic heterocycles. The van der Waals surface area contributed by atoms with Crippen molar-refractivity contribution in [1.29, 1.82) is 0 Å². The van der Waals surface area contributed by atoms with Crippen LogP contribution in [0.1, 0.15) is 33.8 Å². The van der Waals surface area contributed by atoms with Gasteiger partial charge in [0.1, 0.15) is 17.3 Å². The fourth-order valence-electron chi connectivity index (χ4n) is 3.45. The molecule has 0 saturated heterocycles. The molecule has 150 valence electrons. The molecule has 4 rings (SSSR count). The van der Waals surface area contributed by atoms with Crippen molar-refractivity contribution in [1.82, 2.24) is 5.16 Å². The topological polar surface area (TPSA) is 80.5 Å². The standard InChI is InChI=1S/C21H19FN2O4S/c1-14-11-19(23-28-14)21(25)13-15-4-5-16-3-2-10-24(20(16)12-15)29(26,27)18-8-6-17(22)7-9-18/h4-9,11-12H,2-3,10,13H2,1H3. The lowest BCUT2D eigenvalue weighted by Gasteiger charge is -2.31. The smallest absolute Gasteiger partial charge is 0.264 e. The highest BCUT2D eigenvalue weighted by atomic mass is 32.2. The molecule has 0 aliphatic carbocycles. The molecule has 0 radical (unpaired) electrons. The second-order valence-corrected chi connectivity index (χ2v) is 8.88. The van der Waals surface area contributed by atoms with Gasteiger partial charge in [0.05, 0.1) is 10.6 Å². The maximum Gasteiger partial charge on any atom is 0.264 e. The van der Waals surface area contributed by atoms with E-state index in [-0.39, 0.29) is 22.8 Å². The number of nitrogens with zero attached hydrogens (tertiary/aromatic N) is 2. The lowest BCUT2D eigenvalue weighted by molar-refractivity contribution is 0.0984. The van der Waals surface area contributed by atoms with Crippen LogP contribution < -0.4 is 4.31 Å². The van der Waals surface area contributed by atoms with Gasteiger partial charge in [-0.25, -0.2) is 12.8 Å². The van der Waals surface area contributed by atoms with Crippen LogP contribution in [0.15, 0.2) is 57.9 Å². The average Bonchev–Trinajstić information content (AvgIpc) is 3.14. The Bertz CT molecular complexity index is 1170. The molecule has 0 bridgehead atoms. The summed E-state index contributed by atoms with van der Waals surface area (Å²) in [5.74, 6) is -0.146. The van der Waals surface area contributed by atoms with Crippen LogP contribution in [0, 0.1) is 12.7 Å². The van der Waals surface area contributed by atoms with E-state index >= 15 is 0 Å². The highest BCUT2D eigenvalue weighted by molar-refractivity contribution is 7.92. The molecule has 3 aromatic rings. The van der Waals surface area contributed by atoms with Crippen molar-refractivity contribution >= 4 is 21.5 Å². The van der Waals surface area contributed by atoms with Crippen LogP contribution in [0.25, 0.3) is 0 Å². The zero-order chi connectivity index (χ0) is 20.6. The molecule has 0 unspecified atom stereocenters. The molecule has 1 aliphatic rings. The van der Waals surface area contributed by atoms with E-state index in [0.717, 1.165) is 24.1 Å². The Hall–Kier alpha value is -3.00. The number of fused-ring (bicyclic) bond motifs is 1. The predicted octanol–water partition coefficient (Wildman–Crippen LogP) is 3.69. The number of rotatable bonds is 5. The third-order valence-corrected chi connectivity index (χ3v) is 6.73. The van der Waals surface area contributed by atoms with Crippen LogP contribution in [0.3, 0.4) is 0 Å². The molecule has 2 heterocycles. The Balaban J connectivity index is 1.66. The second kappa shape index (κ2) is 7.44. The van der Waals surface area contributed by atoms with Crippen LogP contribution in [-0.2, 0) is 22.9 Å². The summed E-state index contributed by atoms with van der Waals surface area (Å²) in [5, 5.41) is 3.74. The number of hydrogen-bond acceptors (Lipinski definition) is 5. The first kappa shape index (κ1) is 19.3. The van der Waals surface area contributed by atoms with Gasteiger partial charge in [0, 0.05) is 19.0 Å². The Morgan fingerprint density at radius 3 is 2.62 bits per heavy atom. The second-order valence-electron chi connectivity index (χ2n) is 7.02. The van der Waals surface area contributed by atoms with Crippen molar-refractivity contribution in [3.63, 3.8) is 0 Å². The highest BCUT2D eigenvalue weighted by Crippen LogP contribution is 2.33. The van der Waals surface area contributed by atoms with Gasteiger partial charge in [-0.2, -0.15) is 0 Å². The minimum absolute atomic E-state index is 0.0336. The molecular formula is C21H19FN2O4S. The Morgan fingerprint density at radius 1 is 1.17 bits per heavy atom. The van der Waals surface area contributed by atoms with E-state index in [4.69, 9.17) is 4.52 Å². The van der Waals surface area contributed by atoms with Crippen LogP contribution in [0.4, 0.5) is 10.1 Å². The van der Waals surface area contributed by atoms with Crippen molar-refractivity contribution in [2.75, 3.05) is 10.8 Å². The van der Waals surface area contributed by atoms with Gasteiger partial charge in [0.2, 0.25) is 0 Å². The number of hydrogen-bond donors (Lipinski definition) is 0. The monoisotopic (exact) mass is 414 g/mol. The average molecular weight is 414 g/mol. The first-order valence-corrected chi connectivity index (χ1v) is 10.7. The van der Waals surface area contributed by atoms with Crippen molar-refractivity contribution < 1.29 is 22.1 Å². The van der Waals surface area contributed by atoms with Gasteiger partial charge < -0.3 is 4.52 Å². The maximum absolute atomic E-state index is 13.2. The van der Waals surface area contributed by atoms with E-state index in [1.165, 1.54) is 16.4 Å². The molecule has 0 fully saturated rings. The summed E-state index contributed by atoms with van der Waals surface area (Å²) in [5.41, 5.74) is 2.39. The van der Waals surface area contributed by atoms with Gasteiger partial charge in [-0.05, 0) is 61.2 Å². The lowest BCUT2D eigenvalue weighted by atomic mass is 9.98. The predicted molar refractivity (Wildman–Crippen MR) is 105 cm³/mol. The molecule has 0 atom stereocenters. The number of aromatic nitrogens is 1. The van der Waals surface area contributed by atoms with Crippen LogP contribution in [0.2, 0.25) is 0 Å². The summed E-state index contributed by atoms with van der Waals surface area (Å²) in [7, 11) is -3.83. The van der Waals surface area contributed by atoms with Gasteiger partial charge in [-0.3, -0.25) is 9.10 Å². The number of carbonyl (C=O) groups is 1. The molecule has 29 heavy (non-hydrogen) atoms. The number of ketones is 1. The van der Waals surface area contributed by atoms with E-state index in [0.29, 0.717) is 30.0 Å². The normalized spacial score (nSPS) is 13.9. The van der Waals surface area contributed by atoms with Gasteiger partial charge in [-0.15, -0.1) is 0 Å². The van der Waals surface area contributed by atoms with Gasteiger partial charge in [0.15, 0.2) is 5.78 Å². The molecule has 1 aromatic heterocycles. The summed E-state index contributed by atoms with van der Waals surface area (Å²) >= 11 is 0. The highest BCUT2D eigenvalue weighted by Gasteiger charge is 2.29. The fraction of sp³-hybridized carbons (Fsp3) is 0.238. The van der Waals surface area contributed by atoms with Crippen molar-refractivity contribution in [3.05, 3.63) is 76.9 Å². The maximum atomic E-state index is 13.2. The molecule has 0 amide bonds. The number of halogens is 1. The summed E-state index contributed by atoms with van der Waals surface area (Å²) in [6.45, 7) is 2.04. The number of Topliss-reactive ketones (excluding diaryl/α,β-unsaturated/α-hetero) is 1. The quantitative estimate of drug-likeness (QED) is 0.595. The van der Waals surface area contributed by atoms with Crippen molar-refractivity contribution in [2.24, 2.45) is 0 Å². The molecule has 0 spiro atoms. The largest absolute Gasteiger partial charge is 0.361 e. The number of benzene rings is 2. The Labute approximate surface area is 168 Å². The van der Waals surface area contributed by atoms with Gasteiger partial charge >= 0.3 is 0 Å². The zero-order valence-electron chi connectivity index (χ0n) is 15.8. The number of anilines is 1. The van der Waals surface area contributed by atoms with E-state index in [1.807, 2.05) is 12.1 Å². The van der Waals surface area contributed by atoms with Crippen LogP contribution in [0.5, 0.6) is 0 Å². The van der Waals surface area contributed by atoms with Gasteiger partial charge in [-0.1, -0.05) is 17.3 Å². The minimum Gasteiger partial charge on any atom is -0.361 e. The van der Waals surface area contributed by atoms with E-state index in [2.05, 4.69) is 5.16 Å². The lowest BCUT2D eigenvalue weighted by Crippen LogP contribution is -2.35. The summed E-state index contributed by atoms with van der Waals surface area (Å²) in [6, 6.07) is 11.8. The summed E-state index contributed by atoms with van der Waals surface area (Å²) in [4.78, 5) is 12.5. The van der Waals surface area contributed by atoms with Gasteiger partial charge in [0.25, 0.3) is 10.0 Å². The van der Waals surface area contributed by atoms with E-state index in [1.54, 1.807) is 19.1 Å². The first-order valence-electron chi connectivity index (χ1n) is 9.21. The Morgan fingerprint density at radius 2 is 1.93 bits per heavy atom. The number of aryl methyl sites for hydroxylation is 2. The minimum atomic E-state index is -3.83. The first-order chi connectivity index (χ1) is 13.8.